The first-order chi connectivity index (χ1) is 11.7. The highest BCUT2D eigenvalue weighted by Crippen LogP contribution is 2.24. The van der Waals surface area contributed by atoms with E-state index in [1.807, 2.05) is 25.1 Å². The van der Waals surface area contributed by atoms with Crippen LogP contribution in [0.4, 0.5) is 0 Å². The molecular weight excluding hydrogens is 451 g/mol. The Morgan fingerprint density at radius 1 is 1.24 bits per heavy atom. The van der Waals surface area contributed by atoms with Gasteiger partial charge in [-0.05, 0) is 19.1 Å². The maximum absolute atomic E-state index is 5.41. The quantitative estimate of drug-likeness (QED) is 0.366. The molecule has 2 rings (SSSR count). The monoisotopic (exact) mass is 476 g/mol. The number of hydrogen-bond acceptors (Lipinski definition) is 5. The van der Waals surface area contributed by atoms with Crippen molar-refractivity contribution >= 4 is 41.3 Å². The second kappa shape index (κ2) is 11.1. The summed E-state index contributed by atoms with van der Waals surface area (Å²) in [7, 11) is 5.05. The molecule has 1 heterocycles. The van der Waals surface area contributed by atoms with E-state index in [4.69, 9.17) is 9.47 Å². The first-order valence-electron chi connectivity index (χ1n) is 7.72. The van der Waals surface area contributed by atoms with Crippen LogP contribution in [0.3, 0.4) is 0 Å². The van der Waals surface area contributed by atoms with E-state index < -0.39 is 0 Å². The summed E-state index contributed by atoms with van der Waals surface area (Å²) in [5, 5.41) is 9.77. The summed E-state index contributed by atoms with van der Waals surface area (Å²) in [6, 6.07) is 5.77. The molecule has 25 heavy (non-hydrogen) atoms. The number of rotatable bonds is 7. The molecular formula is C17H25IN4O2S. The molecule has 6 nitrogen and oxygen atoms in total. The van der Waals surface area contributed by atoms with E-state index in [9.17, 15) is 0 Å². The Morgan fingerprint density at radius 2 is 2.04 bits per heavy atom. The number of aliphatic imine (C=N–C) groups is 1. The van der Waals surface area contributed by atoms with Gasteiger partial charge in [0, 0.05) is 43.6 Å². The predicted molar refractivity (Wildman–Crippen MR) is 114 cm³/mol. The van der Waals surface area contributed by atoms with Crippen LogP contribution in [0, 0.1) is 6.92 Å². The zero-order valence-corrected chi connectivity index (χ0v) is 18.1. The molecule has 0 saturated heterocycles. The molecule has 0 atom stereocenters. The van der Waals surface area contributed by atoms with E-state index in [1.165, 1.54) is 0 Å². The van der Waals surface area contributed by atoms with Crippen LogP contribution in [0.2, 0.25) is 0 Å². The van der Waals surface area contributed by atoms with E-state index in [2.05, 4.69) is 26.0 Å². The van der Waals surface area contributed by atoms with Gasteiger partial charge in [0.15, 0.2) is 5.96 Å². The third-order valence-corrected chi connectivity index (χ3v) is 4.33. The average Bonchev–Trinajstić information content (AvgIpc) is 3.03. The Labute approximate surface area is 170 Å². The number of thiazole rings is 1. The summed E-state index contributed by atoms with van der Waals surface area (Å²) in [6.45, 7) is 3.41. The fourth-order valence-corrected chi connectivity index (χ4v) is 2.88. The number of nitrogens with one attached hydrogen (secondary N) is 2. The second-order valence-electron chi connectivity index (χ2n) is 5.14. The van der Waals surface area contributed by atoms with Gasteiger partial charge in [-0.1, -0.05) is 0 Å². The largest absolute Gasteiger partial charge is 0.497 e. The molecule has 1 aromatic heterocycles. The summed E-state index contributed by atoms with van der Waals surface area (Å²) >= 11 is 1.67. The highest BCUT2D eigenvalue weighted by atomic mass is 127. The van der Waals surface area contributed by atoms with E-state index in [0.717, 1.165) is 46.7 Å². The number of hydrogen-bond donors (Lipinski definition) is 2. The van der Waals surface area contributed by atoms with Crippen molar-refractivity contribution in [2.75, 3.05) is 27.8 Å². The topological polar surface area (TPSA) is 67.8 Å². The lowest BCUT2D eigenvalue weighted by Gasteiger charge is -2.14. The molecule has 1 aromatic carbocycles. The van der Waals surface area contributed by atoms with Gasteiger partial charge in [0.25, 0.3) is 0 Å². The first kappa shape index (κ1) is 21.5. The Bertz CT molecular complexity index is 691. The van der Waals surface area contributed by atoms with Crippen molar-refractivity contribution in [1.29, 1.82) is 0 Å². The fraction of sp³-hybridized carbons (Fsp3) is 0.412. The van der Waals surface area contributed by atoms with Crippen LogP contribution in [0.5, 0.6) is 11.5 Å². The van der Waals surface area contributed by atoms with Crippen molar-refractivity contribution in [3.63, 3.8) is 0 Å². The van der Waals surface area contributed by atoms with Crippen LogP contribution in [-0.4, -0.2) is 38.8 Å². The molecule has 0 aliphatic rings. The van der Waals surface area contributed by atoms with Gasteiger partial charge in [-0.3, -0.25) is 4.99 Å². The lowest BCUT2D eigenvalue weighted by atomic mass is 10.2. The minimum Gasteiger partial charge on any atom is -0.497 e. The van der Waals surface area contributed by atoms with Crippen LogP contribution in [0.15, 0.2) is 28.6 Å². The normalized spacial score (nSPS) is 10.8. The molecule has 0 spiro atoms. The Balaban J connectivity index is 0.00000312. The number of methoxy groups -OCH3 is 2. The minimum atomic E-state index is 0. The lowest BCUT2D eigenvalue weighted by molar-refractivity contribution is 0.390. The highest BCUT2D eigenvalue weighted by Gasteiger charge is 2.06. The van der Waals surface area contributed by atoms with Crippen LogP contribution >= 0.6 is 35.3 Å². The van der Waals surface area contributed by atoms with Crippen molar-refractivity contribution in [3.8, 4) is 11.5 Å². The van der Waals surface area contributed by atoms with Crippen LogP contribution in [-0.2, 0) is 13.0 Å². The summed E-state index contributed by atoms with van der Waals surface area (Å²) < 4.78 is 10.6. The number of benzene rings is 1. The number of aromatic nitrogens is 1. The standard InChI is InChI=1S/C17H24N4O2S.HI/c1-12-21-14(11-24-12)7-8-19-17(18-2)20-10-13-5-6-15(22-3)9-16(13)23-4;/h5-6,9,11H,7-8,10H2,1-4H3,(H2,18,19,20);1H. The summed E-state index contributed by atoms with van der Waals surface area (Å²) in [5.74, 6) is 2.31. The van der Waals surface area contributed by atoms with Crippen molar-refractivity contribution < 1.29 is 9.47 Å². The van der Waals surface area contributed by atoms with Gasteiger partial charge >= 0.3 is 0 Å². The Kier molecular flexibility index (Phi) is 9.58. The molecule has 0 aliphatic carbocycles. The zero-order valence-electron chi connectivity index (χ0n) is 15.0. The Hall–Kier alpha value is -1.55. The molecule has 0 amide bonds. The first-order valence-corrected chi connectivity index (χ1v) is 8.60. The molecule has 2 N–H and O–H groups in total. The smallest absolute Gasteiger partial charge is 0.191 e. The van der Waals surface area contributed by atoms with Crippen molar-refractivity contribution in [3.05, 3.63) is 39.8 Å². The van der Waals surface area contributed by atoms with Crippen LogP contribution < -0.4 is 20.1 Å². The molecule has 0 fully saturated rings. The summed E-state index contributed by atoms with van der Waals surface area (Å²) in [6.07, 6.45) is 0.872. The minimum absolute atomic E-state index is 0. The highest BCUT2D eigenvalue weighted by molar-refractivity contribution is 14.0. The molecule has 0 saturated carbocycles. The van der Waals surface area contributed by atoms with Gasteiger partial charge in [0.2, 0.25) is 0 Å². The van der Waals surface area contributed by atoms with Gasteiger partial charge in [-0.25, -0.2) is 4.98 Å². The number of ether oxygens (including phenoxy) is 2. The third kappa shape index (κ3) is 6.69. The average molecular weight is 476 g/mol. The molecule has 0 radical (unpaired) electrons. The molecule has 2 aromatic rings. The SMILES string of the molecule is CN=C(NCCc1csc(C)n1)NCc1ccc(OC)cc1OC.I. The maximum atomic E-state index is 5.41. The van der Waals surface area contributed by atoms with Crippen LogP contribution in [0.1, 0.15) is 16.3 Å². The van der Waals surface area contributed by atoms with Gasteiger partial charge < -0.3 is 20.1 Å². The van der Waals surface area contributed by atoms with E-state index in [0.29, 0.717) is 6.54 Å². The van der Waals surface area contributed by atoms with Crippen LogP contribution in [0.25, 0.3) is 0 Å². The lowest BCUT2D eigenvalue weighted by Crippen LogP contribution is -2.37. The third-order valence-electron chi connectivity index (χ3n) is 3.50. The summed E-state index contributed by atoms with van der Waals surface area (Å²) in [5.41, 5.74) is 2.15. The van der Waals surface area contributed by atoms with E-state index in [1.54, 1.807) is 32.6 Å². The van der Waals surface area contributed by atoms with E-state index in [-0.39, 0.29) is 24.0 Å². The zero-order chi connectivity index (χ0) is 17.4. The molecule has 0 bridgehead atoms. The van der Waals surface area contributed by atoms with Gasteiger partial charge in [-0.2, -0.15) is 0 Å². The predicted octanol–water partition coefficient (Wildman–Crippen LogP) is 2.99. The second-order valence-corrected chi connectivity index (χ2v) is 6.20. The van der Waals surface area contributed by atoms with Crippen molar-refractivity contribution in [2.45, 2.75) is 19.9 Å². The van der Waals surface area contributed by atoms with Gasteiger partial charge in [0.1, 0.15) is 11.5 Å². The van der Waals surface area contributed by atoms with E-state index >= 15 is 0 Å². The maximum Gasteiger partial charge on any atom is 0.191 e. The molecule has 0 unspecified atom stereocenters. The van der Waals surface area contributed by atoms with Gasteiger partial charge in [-0.15, -0.1) is 35.3 Å². The fourth-order valence-electron chi connectivity index (χ4n) is 2.23. The number of guanidine groups is 1. The molecule has 0 aliphatic heterocycles. The Morgan fingerprint density at radius 3 is 2.64 bits per heavy atom. The van der Waals surface area contributed by atoms with Crippen molar-refractivity contribution in [1.82, 2.24) is 15.6 Å². The molecule has 8 heteroatoms. The van der Waals surface area contributed by atoms with Gasteiger partial charge in [0.05, 0.1) is 24.9 Å². The summed E-state index contributed by atoms with van der Waals surface area (Å²) in [4.78, 5) is 8.70. The number of halogens is 1. The number of aryl methyl sites for hydroxylation is 1. The number of nitrogens with zero attached hydrogens (tertiary/aromatic N) is 2. The van der Waals surface area contributed by atoms with Crippen molar-refractivity contribution in [2.24, 2.45) is 4.99 Å². The molecule has 138 valence electrons.